The number of carbonyl (C=O) groups excluding carboxylic acids is 1. The van der Waals surface area contributed by atoms with Crippen LogP contribution < -0.4 is 11.1 Å². The number of hydrogen-bond acceptors (Lipinski definition) is 4. The van der Waals surface area contributed by atoms with Gasteiger partial charge in [0.25, 0.3) is 5.69 Å². The zero-order valence-electron chi connectivity index (χ0n) is 11.1. The number of nitrogens with one attached hydrogen (secondary N) is 1. The van der Waals surface area contributed by atoms with Gasteiger partial charge in [-0.2, -0.15) is 0 Å². The van der Waals surface area contributed by atoms with Gasteiger partial charge in [-0.3, -0.25) is 14.9 Å². The molecule has 1 amide bonds. The van der Waals surface area contributed by atoms with Gasteiger partial charge in [0.2, 0.25) is 5.91 Å². The lowest BCUT2D eigenvalue weighted by Crippen LogP contribution is -2.11. The van der Waals surface area contributed by atoms with E-state index in [0.717, 1.165) is 6.07 Å². The average Bonchev–Trinajstić information content (AvgIpc) is 2.43. The van der Waals surface area contributed by atoms with Crippen molar-refractivity contribution in [2.24, 2.45) is 5.73 Å². The van der Waals surface area contributed by atoms with Gasteiger partial charge < -0.3 is 11.1 Å². The molecule has 0 aromatic heterocycles. The lowest BCUT2D eigenvalue weighted by molar-refractivity contribution is -0.383. The molecule has 0 radical (unpaired) electrons. The first-order valence-corrected chi connectivity index (χ1v) is 6.00. The first kappa shape index (κ1) is 14.4. The molecule has 6 nitrogen and oxygen atoms in total. The number of primary amides is 1. The molecule has 0 atom stereocenters. The molecule has 0 fully saturated rings. The highest BCUT2D eigenvalue weighted by Gasteiger charge is 2.17. The Morgan fingerprint density at radius 3 is 2.57 bits per heavy atom. The number of aryl methyl sites for hydroxylation is 1. The van der Waals surface area contributed by atoms with Crippen LogP contribution in [0.5, 0.6) is 0 Å². The van der Waals surface area contributed by atoms with E-state index in [4.69, 9.17) is 5.73 Å². The summed E-state index contributed by atoms with van der Waals surface area (Å²) in [4.78, 5) is 21.5. The maximum atomic E-state index is 13.5. The van der Waals surface area contributed by atoms with Gasteiger partial charge in [-0.25, -0.2) is 4.39 Å². The third kappa shape index (κ3) is 3.14. The molecular formula is C14H12FN3O3. The number of anilines is 2. The SMILES string of the molecule is Cc1ccc(Nc2ccc(C(N)=O)cc2[N+](=O)[O-])cc1F. The molecule has 0 aliphatic carbocycles. The largest absolute Gasteiger partial charge is 0.366 e. The highest BCUT2D eigenvalue weighted by Crippen LogP contribution is 2.29. The summed E-state index contributed by atoms with van der Waals surface area (Å²) in [6.07, 6.45) is 0. The maximum absolute atomic E-state index is 13.5. The van der Waals surface area contributed by atoms with Crippen molar-refractivity contribution >= 4 is 23.0 Å². The topological polar surface area (TPSA) is 98.3 Å². The number of rotatable bonds is 4. The predicted octanol–water partition coefficient (Wildman–Crippen LogP) is 2.88. The molecule has 0 unspecified atom stereocenters. The van der Waals surface area contributed by atoms with Crippen LogP contribution in [-0.4, -0.2) is 10.8 Å². The predicted molar refractivity (Wildman–Crippen MR) is 76.0 cm³/mol. The molecular weight excluding hydrogens is 277 g/mol. The number of nitro groups is 1. The van der Waals surface area contributed by atoms with Crippen molar-refractivity contribution in [2.75, 3.05) is 5.32 Å². The summed E-state index contributed by atoms with van der Waals surface area (Å²) in [6.45, 7) is 1.61. The molecule has 21 heavy (non-hydrogen) atoms. The van der Waals surface area contributed by atoms with E-state index < -0.39 is 16.6 Å². The molecule has 0 saturated carbocycles. The normalized spacial score (nSPS) is 10.2. The van der Waals surface area contributed by atoms with Crippen molar-refractivity contribution in [3.05, 3.63) is 63.5 Å². The van der Waals surface area contributed by atoms with Gasteiger partial charge in [-0.05, 0) is 36.8 Å². The number of hydrogen-bond donors (Lipinski definition) is 2. The van der Waals surface area contributed by atoms with Crippen molar-refractivity contribution in [2.45, 2.75) is 6.92 Å². The molecule has 0 aliphatic heterocycles. The second-order valence-electron chi connectivity index (χ2n) is 4.44. The van der Waals surface area contributed by atoms with Gasteiger partial charge >= 0.3 is 0 Å². The average molecular weight is 289 g/mol. The van der Waals surface area contributed by atoms with Crippen molar-refractivity contribution in [3.8, 4) is 0 Å². The third-order valence-corrected chi connectivity index (χ3v) is 2.93. The van der Waals surface area contributed by atoms with Crippen molar-refractivity contribution in [1.29, 1.82) is 0 Å². The van der Waals surface area contributed by atoms with Crippen LogP contribution in [0.2, 0.25) is 0 Å². The van der Waals surface area contributed by atoms with E-state index in [0.29, 0.717) is 11.3 Å². The Hall–Kier alpha value is -2.96. The van der Waals surface area contributed by atoms with Gasteiger partial charge in [0.1, 0.15) is 11.5 Å². The molecule has 0 bridgehead atoms. The van der Waals surface area contributed by atoms with Crippen molar-refractivity contribution < 1.29 is 14.1 Å². The van der Waals surface area contributed by atoms with E-state index in [1.54, 1.807) is 19.1 Å². The number of amides is 1. The smallest absolute Gasteiger partial charge is 0.293 e. The standard InChI is InChI=1S/C14H12FN3O3/c1-8-2-4-10(7-11(8)15)17-12-5-3-9(14(16)19)6-13(12)18(20)21/h2-7,17H,1H3,(H2,16,19). The molecule has 7 heteroatoms. The van der Waals surface area contributed by atoms with E-state index in [-0.39, 0.29) is 16.9 Å². The molecule has 0 saturated heterocycles. The van der Waals surface area contributed by atoms with Crippen LogP contribution in [0.4, 0.5) is 21.5 Å². The fourth-order valence-corrected chi connectivity index (χ4v) is 1.77. The molecule has 3 N–H and O–H groups in total. The van der Waals surface area contributed by atoms with Crippen LogP contribution in [0.3, 0.4) is 0 Å². The highest BCUT2D eigenvalue weighted by molar-refractivity contribution is 5.94. The summed E-state index contributed by atoms with van der Waals surface area (Å²) in [6, 6.07) is 8.19. The first-order valence-electron chi connectivity index (χ1n) is 6.00. The third-order valence-electron chi connectivity index (χ3n) is 2.93. The first-order chi connectivity index (χ1) is 9.88. The Morgan fingerprint density at radius 2 is 2.00 bits per heavy atom. The maximum Gasteiger partial charge on any atom is 0.293 e. The monoisotopic (exact) mass is 289 g/mol. The molecule has 0 heterocycles. The second kappa shape index (κ2) is 5.58. The molecule has 0 spiro atoms. The summed E-state index contributed by atoms with van der Waals surface area (Å²) < 4.78 is 13.5. The Morgan fingerprint density at radius 1 is 1.29 bits per heavy atom. The molecule has 0 aliphatic rings. The summed E-state index contributed by atoms with van der Waals surface area (Å²) >= 11 is 0. The van der Waals surface area contributed by atoms with Gasteiger partial charge in [0.05, 0.1) is 4.92 Å². The fraction of sp³-hybridized carbons (Fsp3) is 0.0714. The Labute approximate surface area is 119 Å². The molecule has 2 rings (SSSR count). The van der Waals surface area contributed by atoms with Gasteiger partial charge in [-0.15, -0.1) is 0 Å². The minimum absolute atomic E-state index is 0.0299. The quantitative estimate of drug-likeness (QED) is 0.667. The van der Waals surface area contributed by atoms with Gasteiger partial charge in [0.15, 0.2) is 0 Å². The summed E-state index contributed by atoms with van der Waals surface area (Å²) in [5, 5.41) is 13.8. The minimum Gasteiger partial charge on any atom is -0.366 e. The van der Waals surface area contributed by atoms with E-state index in [1.165, 1.54) is 18.2 Å². The number of carbonyl (C=O) groups is 1. The minimum atomic E-state index is -0.758. The Balaban J connectivity index is 2.41. The number of nitrogens with two attached hydrogens (primary N) is 1. The molecule has 2 aromatic rings. The lowest BCUT2D eigenvalue weighted by atomic mass is 10.1. The van der Waals surface area contributed by atoms with Crippen LogP contribution in [0.25, 0.3) is 0 Å². The second-order valence-corrected chi connectivity index (χ2v) is 4.44. The lowest BCUT2D eigenvalue weighted by Gasteiger charge is -2.09. The van der Waals surface area contributed by atoms with Crippen LogP contribution in [0.1, 0.15) is 15.9 Å². The summed E-state index contributed by atoms with van der Waals surface area (Å²) in [7, 11) is 0. The number of benzene rings is 2. The number of nitro benzene ring substituents is 1. The summed E-state index contributed by atoms with van der Waals surface area (Å²) in [5.74, 6) is -1.18. The zero-order chi connectivity index (χ0) is 15.6. The molecule has 108 valence electrons. The van der Waals surface area contributed by atoms with Crippen LogP contribution in [-0.2, 0) is 0 Å². The number of nitrogens with zero attached hydrogens (tertiary/aromatic N) is 1. The van der Waals surface area contributed by atoms with Gasteiger partial charge in [-0.1, -0.05) is 6.07 Å². The van der Waals surface area contributed by atoms with E-state index in [2.05, 4.69) is 5.32 Å². The van der Waals surface area contributed by atoms with Crippen molar-refractivity contribution in [3.63, 3.8) is 0 Å². The fourth-order valence-electron chi connectivity index (χ4n) is 1.77. The van der Waals surface area contributed by atoms with E-state index >= 15 is 0 Å². The van der Waals surface area contributed by atoms with Crippen LogP contribution >= 0.6 is 0 Å². The zero-order valence-corrected chi connectivity index (χ0v) is 11.1. The van der Waals surface area contributed by atoms with E-state index in [9.17, 15) is 19.3 Å². The number of halogens is 1. The Bertz CT molecular complexity index is 731. The van der Waals surface area contributed by atoms with Crippen molar-refractivity contribution in [1.82, 2.24) is 0 Å². The summed E-state index contributed by atoms with van der Waals surface area (Å²) in [5.41, 5.74) is 5.79. The highest BCUT2D eigenvalue weighted by atomic mass is 19.1. The van der Waals surface area contributed by atoms with E-state index in [1.807, 2.05) is 0 Å². The van der Waals surface area contributed by atoms with Crippen LogP contribution in [0.15, 0.2) is 36.4 Å². The Kier molecular flexibility index (Phi) is 3.84. The molecule has 2 aromatic carbocycles. The van der Waals surface area contributed by atoms with Gasteiger partial charge in [0, 0.05) is 17.3 Å². The van der Waals surface area contributed by atoms with Crippen LogP contribution in [0, 0.1) is 22.9 Å².